The van der Waals surface area contributed by atoms with Crippen molar-refractivity contribution in [2.24, 2.45) is 5.92 Å². The molecule has 0 spiro atoms. The molecule has 2 fully saturated rings. The standard InChI is InChI=1S/C17H22N2O5S/c20-16(18-4-6-22-7-5-18)12-2-1-3-19(10-12)17(21)15-14-13(11-25-15)23-8-9-24-14/h11-12H,1-10H2/t12-/m0/s1. The molecule has 2 saturated heterocycles. The SMILES string of the molecule is O=C(c1scc2c1OCCO2)N1CCC[C@H](C(=O)N2CCOCC2)C1. The van der Waals surface area contributed by atoms with Gasteiger partial charge in [-0.05, 0) is 12.8 Å². The van der Waals surface area contributed by atoms with Gasteiger partial charge in [0.2, 0.25) is 5.91 Å². The fourth-order valence-corrected chi connectivity index (χ4v) is 4.46. The van der Waals surface area contributed by atoms with E-state index in [2.05, 4.69) is 0 Å². The van der Waals surface area contributed by atoms with E-state index in [0.29, 0.717) is 69.0 Å². The Labute approximate surface area is 150 Å². The average Bonchev–Trinajstić information content (AvgIpc) is 3.12. The lowest BCUT2D eigenvalue weighted by molar-refractivity contribution is -0.141. The first-order chi connectivity index (χ1) is 12.2. The highest BCUT2D eigenvalue weighted by Crippen LogP contribution is 2.40. The number of piperidine rings is 1. The summed E-state index contributed by atoms with van der Waals surface area (Å²) in [5.74, 6) is 1.18. The van der Waals surface area contributed by atoms with Crippen molar-refractivity contribution in [1.29, 1.82) is 0 Å². The maximum Gasteiger partial charge on any atom is 0.267 e. The maximum atomic E-state index is 12.9. The summed E-state index contributed by atoms with van der Waals surface area (Å²) in [6.45, 7) is 4.61. The van der Waals surface area contributed by atoms with Gasteiger partial charge in [-0.15, -0.1) is 11.3 Å². The summed E-state index contributed by atoms with van der Waals surface area (Å²) in [5, 5.41) is 1.82. The van der Waals surface area contributed by atoms with Crippen LogP contribution >= 0.6 is 11.3 Å². The Morgan fingerprint density at radius 2 is 1.84 bits per heavy atom. The van der Waals surface area contributed by atoms with E-state index in [-0.39, 0.29) is 17.7 Å². The Bertz CT molecular complexity index is 655. The summed E-state index contributed by atoms with van der Waals surface area (Å²) >= 11 is 1.35. The van der Waals surface area contributed by atoms with Crippen LogP contribution in [0.1, 0.15) is 22.5 Å². The zero-order chi connectivity index (χ0) is 17.2. The van der Waals surface area contributed by atoms with Gasteiger partial charge in [0.1, 0.15) is 18.1 Å². The topological polar surface area (TPSA) is 68.3 Å². The molecule has 1 atom stereocenters. The van der Waals surface area contributed by atoms with Crippen molar-refractivity contribution in [1.82, 2.24) is 9.80 Å². The first kappa shape index (κ1) is 16.7. The van der Waals surface area contributed by atoms with Crippen molar-refractivity contribution in [3.05, 3.63) is 10.3 Å². The van der Waals surface area contributed by atoms with E-state index in [1.807, 2.05) is 10.3 Å². The van der Waals surface area contributed by atoms with Crippen LogP contribution in [0.25, 0.3) is 0 Å². The van der Waals surface area contributed by atoms with E-state index in [9.17, 15) is 9.59 Å². The number of carbonyl (C=O) groups is 2. The van der Waals surface area contributed by atoms with Crippen molar-refractivity contribution in [3.63, 3.8) is 0 Å². The number of amides is 2. The largest absolute Gasteiger partial charge is 0.485 e. The number of hydrogen-bond acceptors (Lipinski definition) is 6. The Balaban J connectivity index is 1.44. The van der Waals surface area contributed by atoms with Crippen LogP contribution in [0.2, 0.25) is 0 Å². The van der Waals surface area contributed by atoms with Crippen LogP contribution in [-0.2, 0) is 9.53 Å². The Hall–Kier alpha value is -1.80. The summed E-state index contributed by atoms with van der Waals surface area (Å²) < 4.78 is 16.5. The quantitative estimate of drug-likeness (QED) is 0.788. The van der Waals surface area contributed by atoms with Gasteiger partial charge in [0.05, 0.1) is 19.1 Å². The van der Waals surface area contributed by atoms with E-state index >= 15 is 0 Å². The van der Waals surface area contributed by atoms with Crippen LogP contribution in [0.4, 0.5) is 0 Å². The van der Waals surface area contributed by atoms with Crippen molar-refractivity contribution in [3.8, 4) is 11.5 Å². The molecule has 0 aromatic carbocycles. The minimum absolute atomic E-state index is 0.0590. The first-order valence-electron chi connectivity index (χ1n) is 8.77. The summed E-state index contributed by atoms with van der Waals surface area (Å²) in [6.07, 6.45) is 1.68. The van der Waals surface area contributed by atoms with Crippen LogP contribution in [0.3, 0.4) is 0 Å². The fourth-order valence-electron chi connectivity index (χ4n) is 3.56. The van der Waals surface area contributed by atoms with E-state index in [1.54, 1.807) is 4.90 Å². The average molecular weight is 366 g/mol. The van der Waals surface area contributed by atoms with Crippen molar-refractivity contribution in [2.75, 3.05) is 52.6 Å². The van der Waals surface area contributed by atoms with Gasteiger partial charge in [0.25, 0.3) is 5.91 Å². The second kappa shape index (κ2) is 7.21. The van der Waals surface area contributed by atoms with E-state index < -0.39 is 0 Å². The molecule has 0 N–H and O–H groups in total. The maximum absolute atomic E-state index is 12.9. The minimum atomic E-state index is -0.122. The zero-order valence-electron chi connectivity index (χ0n) is 14.1. The van der Waals surface area contributed by atoms with Crippen LogP contribution in [0, 0.1) is 5.92 Å². The summed E-state index contributed by atoms with van der Waals surface area (Å²) in [7, 11) is 0. The minimum Gasteiger partial charge on any atom is -0.485 e. The van der Waals surface area contributed by atoms with Crippen molar-refractivity contribution in [2.45, 2.75) is 12.8 Å². The molecule has 2 amide bonds. The number of thiophene rings is 1. The summed E-state index contributed by atoms with van der Waals surface area (Å²) in [4.78, 5) is 29.9. The van der Waals surface area contributed by atoms with Gasteiger partial charge in [-0.2, -0.15) is 0 Å². The third-order valence-corrected chi connectivity index (χ3v) is 5.80. The zero-order valence-corrected chi connectivity index (χ0v) is 14.9. The number of fused-ring (bicyclic) bond motifs is 1. The first-order valence-corrected chi connectivity index (χ1v) is 9.65. The highest BCUT2D eigenvalue weighted by Gasteiger charge is 2.34. The number of ether oxygens (including phenoxy) is 3. The highest BCUT2D eigenvalue weighted by atomic mass is 32.1. The molecule has 1 aromatic heterocycles. The molecule has 0 bridgehead atoms. The molecule has 136 valence electrons. The number of likely N-dealkylation sites (tertiary alicyclic amines) is 1. The molecule has 0 saturated carbocycles. The smallest absolute Gasteiger partial charge is 0.267 e. The lowest BCUT2D eigenvalue weighted by Crippen LogP contribution is -2.49. The lowest BCUT2D eigenvalue weighted by atomic mass is 9.96. The Morgan fingerprint density at radius 3 is 2.68 bits per heavy atom. The van der Waals surface area contributed by atoms with Gasteiger partial charge >= 0.3 is 0 Å². The molecule has 25 heavy (non-hydrogen) atoms. The summed E-state index contributed by atoms with van der Waals surface area (Å²) in [6, 6.07) is 0. The third-order valence-electron chi connectivity index (χ3n) is 4.88. The molecule has 0 radical (unpaired) electrons. The molecular formula is C17H22N2O5S. The van der Waals surface area contributed by atoms with Crippen LogP contribution in [-0.4, -0.2) is 74.2 Å². The van der Waals surface area contributed by atoms with Crippen LogP contribution in [0.15, 0.2) is 5.38 Å². The Morgan fingerprint density at radius 1 is 1.04 bits per heavy atom. The van der Waals surface area contributed by atoms with Gasteiger partial charge in [-0.3, -0.25) is 9.59 Å². The number of morpholine rings is 1. The van der Waals surface area contributed by atoms with Gasteiger partial charge in [0.15, 0.2) is 11.5 Å². The van der Waals surface area contributed by atoms with Crippen molar-refractivity contribution < 1.29 is 23.8 Å². The van der Waals surface area contributed by atoms with Gasteiger partial charge < -0.3 is 24.0 Å². The van der Waals surface area contributed by atoms with Gasteiger partial charge in [0, 0.05) is 31.6 Å². The number of nitrogens with zero attached hydrogens (tertiary/aromatic N) is 2. The molecule has 4 heterocycles. The van der Waals surface area contributed by atoms with E-state index in [4.69, 9.17) is 14.2 Å². The second-order valence-electron chi connectivity index (χ2n) is 6.48. The molecule has 4 rings (SSSR count). The monoisotopic (exact) mass is 366 g/mol. The van der Waals surface area contributed by atoms with Gasteiger partial charge in [-0.1, -0.05) is 0 Å². The van der Waals surface area contributed by atoms with Crippen LogP contribution < -0.4 is 9.47 Å². The molecule has 3 aliphatic heterocycles. The van der Waals surface area contributed by atoms with E-state index in [1.165, 1.54) is 11.3 Å². The molecule has 7 nitrogen and oxygen atoms in total. The molecular weight excluding hydrogens is 344 g/mol. The molecule has 1 aromatic rings. The normalized spacial score (nSPS) is 23.4. The lowest BCUT2D eigenvalue weighted by Gasteiger charge is -2.36. The molecule has 0 aliphatic carbocycles. The fraction of sp³-hybridized carbons (Fsp3) is 0.647. The highest BCUT2D eigenvalue weighted by molar-refractivity contribution is 7.12. The van der Waals surface area contributed by atoms with Gasteiger partial charge in [-0.25, -0.2) is 0 Å². The molecule has 3 aliphatic rings. The summed E-state index contributed by atoms with van der Waals surface area (Å²) in [5.41, 5.74) is 0. The van der Waals surface area contributed by atoms with Crippen LogP contribution in [0.5, 0.6) is 11.5 Å². The molecule has 8 heteroatoms. The number of carbonyl (C=O) groups excluding carboxylic acids is 2. The molecule has 0 unspecified atom stereocenters. The van der Waals surface area contributed by atoms with E-state index in [0.717, 1.165) is 12.8 Å². The van der Waals surface area contributed by atoms with Crippen molar-refractivity contribution >= 4 is 23.2 Å². The number of rotatable bonds is 2. The third kappa shape index (κ3) is 3.32. The predicted molar refractivity (Wildman–Crippen MR) is 91.3 cm³/mol. The second-order valence-corrected chi connectivity index (χ2v) is 7.36. The number of hydrogen-bond donors (Lipinski definition) is 0. The Kier molecular flexibility index (Phi) is 4.80. The predicted octanol–water partition coefficient (Wildman–Crippen LogP) is 1.23.